The van der Waals surface area contributed by atoms with Crippen molar-refractivity contribution in [2.75, 3.05) is 25.9 Å². The van der Waals surface area contributed by atoms with Crippen molar-refractivity contribution < 1.29 is 4.79 Å². The first-order chi connectivity index (χ1) is 9.10. The van der Waals surface area contributed by atoms with Crippen LogP contribution < -0.4 is 0 Å². The first-order valence-corrected chi connectivity index (χ1v) is 8.22. The smallest absolute Gasteiger partial charge is 0.176 e. The lowest BCUT2D eigenvalue weighted by Gasteiger charge is -2.22. The first-order valence-electron chi connectivity index (χ1n) is 7.00. The van der Waals surface area contributed by atoms with Gasteiger partial charge >= 0.3 is 0 Å². The van der Waals surface area contributed by atoms with Gasteiger partial charge in [-0.3, -0.25) is 9.69 Å². The Morgan fingerprint density at radius 3 is 2.37 bits per heavy atom. The fraction of sp³-hybridized carbons (Fsp3) is 0.562. The Hall–Kier alpha value is -0.800. The SMILES string of the molecule is CCC(C)CN(CC)CC(=O)c1ccc(SC)cc1. The van der Waals surface area contributed by atoms with E-state index >= 15 is 0 Å². The van der Waals surface area contributed by atoms with Crippen molar-refractivity contribution in [2.24, 2.45) is 5.92 Å². The van der Waals surface area contributed by atoms with Crippen LogP contribution in [0.3, 0.4) is 0 Å². The highest BCUT2D eigenvalue weighted by Crippen LogP contribution is 2.15. The van der Waals surface area contributed by atoms with Crippen LogP contribution in [-0.2, 0) is 0 Å². The number of carbonyl (C=O) groups is 1. The number of carbonyl (C=O) groups excluding carboxylic acids is 1. The predicted molar refractivity (Wildman–Crippen MR) is 84.1 cm³/mol. The number of nitrogens with zero attached hydrogens (tertiary/aromatic N) is 1. The molecule has 0 heterocycles. The molecule has 1 aromatic rings. The van der Waals surface area contributed by atoms with Crippen LogP contribution in [0.1, 0.15) is 37.6 Å². The lowest BCUT2D eigenvalue weighted by atomic mass is 10.1. The van der Waals surface area contributed by atoms with Crippen molar-refractivity contribution in [2.45, 2.75) is 32.1 Å². The molecule has 0 aromatic heterocycles. The zero-order chi connectivity index (χ0) is 14.3. The number of hydrogen-bond donors (Lipinski definition) is 0. The summed E-state index contributed by atoms with van der Waals surface area (Å²) in [5, 5.41) is 0. The fourth-order valence-corrected chi connectivity index (χ4v) is 2.35. The molecule has 1 unspecified atom stereocenters. The minimum atomic E-state index is 0.220. The van der Waals surface area contributed by atoms with Gasteiger partial charge in [0.05, 0.1) is 6.54 Å². The molecule has 0 spiro atoms. The van der Waals surface area contributed by atoms with E-state index in [-0.39, 0.29) is 5.78 Å². The maximum atomic E-state index is 12.2. The molecule has 1 atom stereocenters. The Balaban J connectivity index is 2.60. The van der Waals surface area contributed by atoms with Crippen LogP contribution in [0.5, 0.6) is 0 Å². The third-order valence-electron chi connectivity index (χ3n) is 3.49. The molecule has 3 heteroatoms. The Bertz CT molecular complexity index is 388. The average Bonchev–Trinajstić information content (AvgIpc) is 2.46. The molecule has 0 aliphatic carbocycles. The number of rotatable bonds is 8. The summed E-state index contributed by atoms with van der Waals surface area (Å²) in [6.07, 6.45) is 3.20. The molecular formula is C16H25NOS. The van der Waals surface area contributed by atoms with Gasteiger partial charge in [0.15, 0.2) is 5.78 Å². The van der Waals surface area contributed by atoms with Gasteiger partial charge in [0.2, 0.25) is 0 Å². The minimum Gasteiger partial charge on any atom is -0.296 e. The van der Waals surface area contributed by atoms with Gasteiger partial charge in [-0.15, -0.1) is 11.8 Å². The van der Waals surface area contributed by atoms with Gasteiger partial charge in [0, 0.05) is 17.0 Å². The Kier molecular flexibility index (Phi) is 7.17. The second kappa shape index (κ2) is 8.39. The van der Waals surface area contributed by atoms with E-state index in [1.54, 1.807) is 11.8 Å². The maximum absolute atomic E-state index is 12.2. The third-order valence-corrected chi connectivity index (χ3v) is 4.24. The van der Waals surface area contributed by atoms with Crippen molar-refractivity contribution >= 4 is 17.5 Å². The predicted octanol–water partition coefficient (Wildman–Crippen LogP) is 3.96. The highest BCUT2D eigenvalue weighted by Gasteiger charge is 2.13. The van der Waals surface area contributed by atoms with E-state index in [0.717, 1.165) is 25.1 Å². The highest BCUT2D eigenvalue weighted by atomic mass is 32.2. The lowest BCUT2D eigenvalue weighted by molar-refractivity contribution is 0.0924. The molecular weight excluding hydrogens is 254 g/mol. The van der Waals surface area contributed by atoms with Gasteiger partial charge < -0.3 is 0 Å². The van der Waals surface area contributed by atoms with E-state index in [2.05, 4.69) is 25.7 Å². The highest BCUT2D eigenvalue weighted by molar-refractivity contribution is 7.98. The summed E-state index contributed by atoms with van der Waals surface area (Å²) < 4.78 is 0. The molecule has 2 nitrogen and oxygen atoms in total. The van der Waals surface area contributed by atoms with Crippen LogP contribution in [0.4, 0.5) is 0 Å². The van der Waals surface area contributed by atoms with E-state index in [9.17, 15) is 4.79 Å². The van der Waals surface area contributed by atoms with Crippen LogP contribution in [-0.4, -0.2) is 36.6 Å². The van der Waals surface area contributed by atoms with Gasteiger partial charge in [-0.2, -0.15) is 0 Å². The van der Waals surface area contributed by atoms with Crippen molar-refractivity contribution in [3.63, 3.8) is 0 Å². The summed E-state index contributed by atoms with van der Waals surface area (Å²) in [4.78, 5) is 15.7. The van der Waals surface area contributed by atoms with Gasteiger partial charge in [-0.05, 0) is 30.9 Å². The summed E-state index contributed by atoms with van der Waals surface area (Å²) in [5.74, 6) is 0.865. The summed E-state index contributed by atoms with van der Waals surface area (Å²) in [5.41, 5.74) is 0.820. The zero-order valence-corrected chi connectivity index (χ0v) is 13.3. The molecule has 0 N–H and O–H groups in total. The van der Waals surface area contributed by atoms with Crippen molar-refractivity contribution in [3.05, 3.63) is 29.8 Å². The molecule has 19 heavy (non-hydrogen) atoms. The topological polar surface area (TPSA) is 20.3 Å². The second-order valence-electron chi connectivity index (χ2n) is 4.99. The number of hydrogen-bond acceptors (Lipinski definition) is 3. The number of Topliss-reactive ketones (excluding diaryl/α,β-unsaturated/α-hetero) is 1. The van der Waals surface area contributed by atoms with Crippen LogP contribution in [0.15, 0.2) is 29.2 Å². The van der Waals surface area contributed by atoms with Crippen molar-refractivity contribution in [1.82, 2.24) is 4.90 Å². The number of ketones is 1. The molecule has 0 aliphatic heterocycles. The standard InChI is InChI=1S/C16H25NOS/c1-5-13(3)11-17(6-2)12-16(18)14-7-9-15(19-4)10-8-14/h7-10,13H,5-6,11-12H2,1-4H3. The normalized spacial score (nSPS) is 12.7. The van der Waals surface area contributed by atoms with E-state index in [1.165, 1.54) is 4.90 Å². The molecule has 0 bridgehead atoms. The molecule has 0 amide bonds. The van der Waals surface area contributed by atoms with Crippen LogP contribution in [0.2, 0.25) is 0 Å². The van der Waals surface area contributed by atoms with E-state index in [4.69, 9.17) is 0 Å². The number of thioether (sulfide) groups is 1. The quantitative estimate of drug-likeness (QED) is 0.531. The summed E-state index contributed by atoms with van der Waals surface area (Å²) in [6, 6.07) is 7.90. The van der Waals surface area contributed by atoms with Crippen molar-refractivity contribution in [1.29, 1.82) is 0 Å². The Morgan fingerprint density at radius 2 is 1.89 bits per heavy atom. The number of likely N-dealkylation sites (N-methyl/N-ethyl adjacent to an activating group) is 1. The van der Waals surface area contributed by atoms with Crippen LogP contribution >= 0.6 is 11.8 Å². The van der Waals surface area contributed by atoms with Crippen LogP contribution in [0.25, 0.3) is 0 Å². The summed E-state index contributed by atoms with van der Waals surface area (Å²) in [6.45, 7) is 9.01. The molecule has 0 saturated heterocycles. The third kappa shape index (κ3) is 5.37. The Morgan fingerprint density at radius 1 is 1.26 bits per heavy atom. The molecule has 0 aliphatic rings. The molecule has 0 saturated carbocycles. The van der Waals surface area contributed by atoms with Crippen molar-refractivity contribution in [3.8, 4) is 0 Å². The maximum Gasteiger partial charge on any atom is 0.176 e. The van der Waals surface area contributed by atoms with Crippen LogP contribution in [0, 0.1) is 5.92 Å². The molecule has 106 valence electrons. The van der Waals surface area contributed by atoms with Gasteiger partial charge in [0.1, 0.15) is 0 Å². The summed E-state index contributed by atoms with van der Waals surface area (Å²) in [7, 11) is 0. The number of benzene rings is 1. The molecule has 0 fully saturated rings. The molecule has 1 aromatic carbocycles. The van der Waals surface area contributed by atoms with Gasteiger partial charge in [-0.25, -0.2) is 0 Å². The van der Waals surface area contributed by atoms with E-state index < -0.39 is 0 Å². The Labute approximate surface area is 121 Å². The first kappa shape index (κ1) is 16.3. The zero-order valence-electron chi connectivity index (χ0n) is 12.5. The van der Waals surface area contributed by atoms with Gasteiger partial charge in [-0.1, -0.05) is 39.3 Å². The van der Waals surface area contributed by atoms with E-state index in [0.29, 0.717) is 12.5 Å². The van der Waals surface area contributed by atoms with Gasteiger partial charge in [0.25, 0.3) is 0 Å². The van der Waals surface area contributed by atoms with E-state index in [1.807, 2.05) is 30.5 Å². The lowest BCUT2D eigenvalue weighted by Crippen LogP contribution is -2.33. The second-order valence-corrected chi connectivity index (χ2v) is 5.87. The average molecular weight is 279 g/mol. The molecule has 0 radical (unpaired) electrons. The fourth-order valence-electron chi connectivity index (χ4n) is 1.95. The minimum absolute atomic E-state index is 0.220. The monoisotopic (exact) mass is 279 g/mol. The largest absolute Gasteiger partial charge is 0.296 e. The molecule has 1 rings (SSSR count). The summed E-state index contributed by atoms with van der Waals surface area (Å²) >= 11 is 1.70.